The van der Waals surface area contributed by atoms with E-state index in [1.807, 2.05) is 94.9 Å². The van der Waals surface area contributed by atoms with Crippen LogP contribution in [0.25, 0.3) is 33.4 Å². The number of fused-ring (bicyclic) bond motifs is 3. The molecule has 3 aromatic heterocycles. The van der Waals surface area contributed by atoms with Crippen molar-refractivity contribution in [1.29, 1.82) is 0 Å². The highest BCUT2D eigenvalue weighted by atomic mass is 15.2. The van der Waals surface area contributed by atoms with E-state index in [0.717, 1.165) is 16.6 Å². The zero-order valence-electron chi connectivity index (χ0n) is 21.1. The largest absolute Gasteiger partial charge is 0.317 e. The summed E-state index contributed by atoms with van der Waals surface area (Å²) in [6, 6.07) is 17.1. The van der Waals surface area contributed by atoms with Gasteiger partial charge in [0.1, 0.15) is 11.9 Å². The zero-order valence-corrected chi connectivity index (χ0v) is 15.1. The number of benzene rings is 2. The van der Waals surface area contributed by atoms with E-state index in [-0.39, 0.29) is 11.3 Å². The van der Waals surface area contributed by atoms with Gasteiger partial charge in [-0.2, -0.15) is 0 Å². The van der Waals surface area contributed by atoms with Crippen LogP contribution in [0.1, 0.15) is 19.5 Å². The maximum atomic E-state index is 8.31. The number of aryl methyl sites for hydroxylation is 3. The molecule has 0 aliphatic carbocycles. The summed E-state index contributed by atoms with van der Waals surface area (Å²) in [7, 11) is 3.66. The summed E-state index contributed by atoms with van der Waals surface area (Å²) >= 11 is 0. The van der Waals surface area contributed by atoms with Crippen LogP contribution in [0.4, 0.5) is 0 Å². The van der Waals surface area contributed by atoms with Crippen LogP contribution >= 0.6 is 0 Å². The summed E-state index contributed by atoms with van der Waals surface area (Å²) in [5.41, 5.74) is 1.97. The van der Waals surface area contributed by atoms with E-state index in [1.165, 1.54) is 0 Å². The number of hydrogen-bond donors (Lipinski definition) is 0. The van der Waals surface area contributed by atoms with E-state index in [4.69, 9.17) is 8.22 Å². The van der Waals surface area contributed by atoms with Gasteiger partial charge in [0, 0.05) is 26.0 Å². The Morgan fingerprint density at radius 3 is 2.52 bits per heavy atom. The highest BCUT2D eigenvalue weighted by Gasteiger charge is 2.26. The first-order valence-corrected chi connectivity index (χ1v) is 8.76. The molecule has 4 heteroatoms. The van der Waals surface area contributed by atoms with Crippen LogP contribution in [0.5, 0.6) is 0 Å². The minimum absolute atomic E-state index is 0.123. The van der Waals surface area contributed by atoms with Crippen molar-refractivity contribution < 1.29 is 12.8 Å². The van der Waals surface area contributed by atoms with Gasteiger partial charge in [0.2, 0.25) is 0 Å². The second-order valence-corrected chi connectivity index (χ2v) is 6.79. The predicted molar refractivity (Wildman–Crippen MR) is 110 cm³/mol. The van der Waals surface area contributed by atoms with Crippen molar-refractivity contribution in [2.75, 3.05) is 0 Å². The third-order valence-corrected chi connectivity index (χ3v) is 5.20. The summed E-state index contributed by atoms with van der Waals surface area (Å²) in [6.07, 6.45) is 3.67. The second kappa shape index (κ2) is 5.61. The Bertz CT molecular complexity index is 1500. The molecule has 0 amide bonds. The smallest absolute Gasteiger partial charge is 0.266 e. The van der Waals surface area contributed by atoms with Gasteiger partial charge in [-0.05, 0) is 37.5 Å². The summed E-state index contributed by atoms with van der Waals surface area (Å²) in [5, 5.41) is 1.17. The third kappa shape index (κ3) is 2.13. The summed E-state index contributed by atoms with van der Waals surface area (Å²) in [6.45, 7) is -5.26. The first-order chi connectivity index (χ1) is 15.5. The molecular weight excluding hydrogens is 332 g/mol. The van der Waals surface area contributed by atoms with Crippen LogP contribution in [0.2, 0.25) is 0 Å². The first-order valence-electron chi connectivity index (χ1n) is 11.8. The SMILES string of the molecule is [2H]C([2H])([2H])c1c(C([2H])([2H])[2H])n(-c2cn(-c3ccccc3)c[n+]2C)c2c1c1ccccc1n2C. The summed E-state index contributed by atoms with van der Waals surface area (Å²) in [4.78, 5) is 0. The summed E-state index contributed by atoms with van der Waals surface area (Å²) in [5.74, 6) is 0.552. The van der Waals surface area contributed by atoms with Crippen molar-refractivity contribution in [3.05, 3.63) is 78.4 Å². The highest BCUT2D eigenvalue weighted by Crippen LogP contribution is 2.35. The fraction of sp³-hybridized carbons (Fsp3) is 0.174. The van der Waals surface area contributed by atoms with Crippen LogP contribution in [0, 0.1) is 13.7 Å². The van der Waals surface area contributed by atoms with E-state index >= 15 is 0 Å². The minimum Gasteiger partial charge on any atom is -0.317 e. The summed E-state index contributed by atoms with van der Waals surface area (Å²) < 4.78 is 56.9. The molecule has 0 N–H and O–H groups in total. The van der Waals surface area contributed by atoms with Crippen LogP contribution < -0.4 is 4.57 Å². The topological polar surface area (TPSA) is 18.7 Å². The second-order valence-electron chi connectivity index (χ2n) is 6.79. The molecule has 0 unspecified atom stereocenters. The van der Waals surface area contributed by atoms with Crippen molar-refractivity contribution in [2.24, 2.45) is 14.1 Å². The Hall–Kier alpha value is -3.27. The van der Waals surface area contributed by atoms with Crippen LogP contribution in [-0.2, 0) is 14.1 Å². The number of hydrogen-bond acceptors (Lipinski definition) is 0. The molecule has 0 radical (unpaired) electrons. The number of nitrogens with zero attached hydrogens (tertiary/aromatic N) is 4. The Morgan fingerprint density at radius 1 is 0.963 bits per heavy atom. The van der Waals surface area contributed by atoms with Crippen molar-refractivity contribution in [2.45, 2.75) is 13.7 Å². The van der Waals surface area contributed by atoms with Gasteiger partial charge in [-0.3, -0.25) is 0 Å². The van der Waals surface area contributed by atoms with Gasteiger partial charge in [0.05, 0.1) is 18.3 Å². The molecule has 0 fully saturated rings. The number of rotatable bonds is 2. The van der Waals surface area contributed by atoms with E-state index in [2.05, 4.69) is 0 Å². The average molecular weight is 362 g/mol. The molecule has 0 aliphatic rings. The van der Waals surface area contributed by atoms with E-state index in [9.17, 15) is 0 Å². The molecule has 0 saturated heterocycles. The van der Waals surface area contributed by atoms with Gasteiger partial charge in [-0.1, -0.05) is 36.4 Å². The van der Waals surface area contributed by atoms with Crippen LogP contribution in [0.3, 0.4) is 0 Å². The van der Waals surface area contributed by atoms with Crippen molar-refractivity contribution in [1.82, 2.24) is 13.7 Å². The van der Waals surface area contributed by atoms with Crippen LogP contribution in [-0.4, -0.2) is 13.7 Å². The van der Waals surface area contributed by atoms with Gasteiger partial charge in [0.15, 0.2) is 12.0 Å². The fourth-order valence-corrected chi connectivity index (χ4v) is 3.90. The molecule has 5 rings (SSSR count). The lowest BCUT2D eigenvalue weighted by molar-refractivity contribution is -0.665. The number of aromatic nitrogens is 4. The molecule has 0 aliphatic heterocycles. The van der Waals surface area contributed by atoms with Gasteiger partial charge in [-0.15, -0.1) is 0 Å². The molecule has 0 bridgehead atoms. The Kier molecular flexibility index (Phi) is 2.24. The normalized spacial score (nSPS) is 15.9. The quantitative estimate of drug-likeness (QED) is 0.416. The van der Waals surface area contributed by atoms with E-state index in [1.54, 1.807) is 4.57 Å². The fourth-order valence-electron chi connectivity index (χ4n) is 3.90. The van der Waals surface area contributed by atoms with E-state index < -0.39 is 13.7 Å². The van der Waals surface area contributed by atoms with Crippen molar-refractivity contribution >= 4 is 21.9 Å². The van der Waals surface area contributed by atoms with Gasteiger partial charge in [0.25, 0.3) is 5.82 Å². The molecule has 3 heterocycles. The zero-order chi connectivity index (χ0) is 23.7. The van der Waals surface area contributed by atoms with Crippen LogP contribution in [0.15, 0.2) is 67.1 Å². The maximum Gasteiger partial charge on any atom is 0.266 e. The molecule has 0 atom stereocenters. The number of imidazole rings is 1. The molecule has 5 aromatic rings. The Balaban J connectivity index is 1.98. The molecule has 27 heavy (non-hydrogen) atoms. The van der Waals surface area contributed by atoms with Gasteiger partial charge < -0.3 is 4.57 Å². The molecular formula is C23H23N4+. The van der Waals surface area contributed by atoms with Crippen molar-refractivity contribution in [3.8, 4) is 11.5 Å². The molecule has 4 nitrogen and oxygen atoms in total. The average Bonchev–Trinajstić information content (AvgIpc) is 3.39. The molecule has 0 spiro atoms. The first kappa shape index (κ1) is 10.8. The van der Waals surface area contributed by atoms with Gasteiger partial charge >= 0.3 is 0 Å². The lowest BCUT2D eigenvalue weighted by Gasteiger charge is -2.04. The third-order valence-electron chi connectivity index (χ3n) is 5.20. The lowest BCUT2D eigenvalue weighted by atomic mass is 10.1. The van der Waals surface area contributed by atoms with Gasteiger partial charge in [-0.25, -0.2) is 13.7 Å². The lowest BCUT2D eigenvalue weighted by Crippen LogP contribution is -2.31. The Labute approximate surface area is 166 Å². The molecule has 0 saturated carbocycles. The maximum absolute atomic E-state index is 8.31. The Morgan fingerprint density at radius 2 is 1.74 bits per heavy atom. The highest BCUT2D eigenvalue weighted by molar-refractivity contribution is 6.09. The predicted octanol–water partition coefficient (Wildman–Crippen LogP) is 4.35. The monoisotopic (exact) mass is 361 g/mol. The molecule has 134 valence electrons. The minimum atomic E-state index is -2.65. The molecule has 2 aromatic carbocycles. The standard InChI is InChI=1S/C23H23N4/c1-16-17(2)27(23-22(16)19-12-8-9-13-20(19)25(23)4)21-14-26(15-24(21)3)18-10-6-5-7-11-18/h5-15H,1-4H3/q+1/i1D3,2D3. The number of para-hydroxylation sites is 2. The van der Waals surface area contributed by atoms with E-state index in [0.29, 0.717) is 16.9 Å². The van der Waals surface area contributed by atoms with Crippen molar-refractivity contribution in [3.63, 3.8) is 0 Å².